The van der Waals surface area contributed by atoms with Crippen LogP contribution in [0, 0.1) is 0 Å². The van der Waals surface area contributed by atoms with Gasteiger partial charge in [0.2, 0.25) is 5.91 Å². The molecule has 0 aliphatic carbocycles. The van der Waals surface area contributed by atoms with Crippen LogP contribution in [0.4, 0.5) is 0 Å². The van der Waals surface area contributed by atoms with Gasteiger partial charge >= 0.3 is 0 Å². The number of carbonyl (C=O) groups excluding carboxylic acids is 1. The largest absolute Gasteiger partial charge is 0.350 e. The Morgan fingerprint density at radius 3 is 2.72 bits per heavy atom. The lowest BCUT2D eigenvalue weighted by Crippen LogP contribution is -2.23. The van der Waals surface area contributed by atoms with E-state index in [0.717, 1.165) is 37.9 Å². The predicted octanol–water partition coefficient (Wildman–Crippen LogP) is 1.37. The van der Waals surface area contributed by atoms with Gasteiger partial charge in [0.25, 0.3) is 0 Å². The van der Waals surface area contributed by atoms with E-state index in [1.807, 2.05) is 13.1 Å². The third-order valence-electron chi connectivity index (χ3n) is 2.75. The maximum absolute atomic E-state index is 11.5. The van der Waals surface area contributed by atoms with Crippen molar-refractivity contribution in [2.75, 3.05) is 6.54 Å². The third-order valence-corrected chi connectivity index (χ3v) is 2.75. The average Bonchev–Trinajstić information content (AvgIpc) is 2.72. The Morgan fingerprint density at radius 2 is 2.11 bits per heavy atom. The number of nitrogens with zero attached hydrogens (tertiary/aromatic N) is 2. The molecule has 3 N–H and O–H groups in total. The van der Waals surface area contributed by atoms with Gasteiger partial charge in [-0.1, -0.05) is 12.8 Å². The van der Waals surface area contributed by atoms with Crippen molar-refractivity contribution >= 4 is 18.3 Å². The van der Waals surface area contributed by atoms with Crippen LogP contribution < -0.4 is 11.1 Å². The van der Waals surface area contributed by atoms with Gasteiger partial charge < -0.3 is 11.1 Å². The summed E-state index contributed by atoms with van der Waals surface area (Å²) in [5.41, 5.74) is 6.41. The molecule has 0 aliphatic rings. The summed E-state index contributed by atoms with van der Waals surface area (Å²) in [5.74, 6) is 0.110. The highest BCUT2D eigenvalue weighted by atomic mass is 35.5. The standard InChI is InChI=1S/C12H22N4O.ClH/c1-16-11(7-9-15-16)10-14-12(17)6-4-2-3-5-8-13;/h7,9H,2-6,8,10,13H2,1H3,(H,14,17);1H. The summed E-state index contributed by atoms with van der Waals surface area (Å²) in [6.07, 6.45) is 6.52. The van der Waals surface area contributed by atoms with Crippen molar-refractivity contribution in [3.05, 3.63) is 18.0 Å². The van der Waals surface area contributed by atoms with Gasteiger partial charge in [-0.3, -0.25) is 9.48 Å². The molecule has 0 aliphatic heterocycles. The van der Waals surface area contributed by atoms with E-state index in [1.165, 1.54) is 0 Å². The number of hydrogen-bond acceptors (Lipinski definition) is 3. The molecule has 0 bridgehead atoms. The zero-order chi connectivity index (χ0) is 12.5. The fourth-order valence-corrected chi connectivity index (χ4v) is 1.64. The Morgan fingerprint density at radius 1 is 1.39 bits per heavy atom. The molecule has 0 unspecified atom stereocenters. The maximum atomic E-state index is 11.5. The van der Waals surface area contributed by atoms with Crippen LogP contribution in [0.3, 0.4) is 0 Å². The molecule has 6 heteroatoms. The first-order valence-corrected chi connectivity index (χ1v) is 6.17. The molecule has 18 heavy (non-hydrogen) atoms. The van der Waals surface area contributed by atoms with Gasteiger partial charge in [0.05, 0.1) is 12.2 Å². The van der Waals surface area contributed by atoms with Crippen molar-refractivity contribution < 1.29 is 4.79 Å². The lowest BCUT2D eigenvalue weighted by molar-refractivity contribution is -0.121. The molecular formula is C12H23ClN4O. The SMILES string of the molecule is Cl.Cn1nccc1CNC(=O)CCCCCCN. The highest BCUT2D eigenvalue weighted by Crippen LogP contribution is 2.02. The summed E-state index contributed by atoms with van der Waals surface area (Å²) >= 11 is 0. The van der Waals surface area contributed by atoms with Crippen LogP contribution >= 0.6 is 12.4 Å². The van der Waals surface area contributed by atoms with Gasteiger partial charge in [-0.2, -0.15) is 5.10 Å². The Bertz CT molecular complexity index is 341. The number of amides is 1. The average molecular weight is 275 g/mol. The first-order valence-electron chi connectivity index (χ1n) is 6.17. The molecule has 1 rings (SSSR count). The number of rotatable bonds is 8. The van der Waals surface area contributed by atoms with Crippen LogP contribution in [-0.4, -0.2) is 22.2 Å². The molecule has 0 saturated carbocycles. The van der Waals surface area contributed by atoms with E-state index in [-0.39, 0.29) is 18.3 Å². The van der Waals surface area contributed by atoms with Gasteiger partial charge in [0.15, 0.2) is 0 Å². The summed E-state index contributed by atoms with van der Waals surface area (Å²) < 4.78 is 1.77. The minimum atomic E-state index is 0. The van der Waals surface area contributed by atoms with Crippen molar-refractivity contribution in [1.82, 2.24) is 15.1 Å². The first-order chi connectivity index (χ1) is 8.24. The van der Waals surface area contributed by atoms with Crippen molar-refractivity contribution in [3.8, 4) is 0 Å². The van der Waals surface area contributed by atoms with Crippen molar-refractivity contribution in [3.63, 3.8) is 0 Å². The number of hydrogen-bond donors (Lipinski definition) is 2. The number of nitrogens with two attached hydrogens (primary N) is 1. The quantitative estimate of drug-likeness (QED) is 0.703. The second-order valence-electron chi connectivity index (χ2n) is 4.18. The van der Waals surface area contributed by atoms with Crippen molar-refractivity contribution in [1.29, 1.82) is 0 Å². The van der Waals surface area contributed by atoms with E-state index < -0.39 is 0 Å². The van der Waals surface area contributed by atoms with Gasteiger partial charge in [0.1, 0.15) is 0 Å². The van der Waals surface area contributed by atoms with Gasteiger partial charge in [-0.05, 0) is 25.5 Å². The molecule has 0 spiro atoms. The number of halogens is 1. The molecule has 0 atom stereocenters. The second-order valence-corrected chi connectivity index (χ2v) is 4.18. The van der Waals surface area contributed by atoms with Gasteiger partial charge in [-0.15, -0.1) is 12.4 Å². The summed E-state index contributed by atoms with van der Waals surface area (Å²) in [4.78, 5) is 11.5. The van der Waals surface area contributed by atoms with Crippen LogP contribution in [0.15, 0.2) is 12.3 Å². The van der Waals surface area contributed by atoms with Crippen LogP contribution in [0.1, 0.15) is 37.8 Å². The molecule has 0 fully saturated rings. The normalized spacial score (nSPS) is 9.89. The monoisotopic (exact) mass is 274 g/mol. The highest BCUT2D eigenvalue weighted by molar-refractivity contribution is 5.85. The fourth-order valence-electron chi connectivity index (χ4n) is 1.64. The Balaban J connectivity index is 0.00000289. The molecule has 0 aromatic carbocycles. The van der Waals surface area contributed by atoms with E-state index in [9.17, 15) is 4.79 Å². The molecule has 5 nitrogen and oxygen atoms in total. The smallest absolute Gasteiger partial charge is 0.220 e. The van der Waals surface area contributed by atoms with E-state index in [1.54, 1.807) is 10.9 Å². The molecule has 1 heterocycles. The maximum Gasteiger partial charge on any atom is 0.220 e. The van der Waals surface area contributed by atoms with Crippen LogP contribution in [0.2, 0.25) is 0 Å². The third kappa shape index (κ3) is 6.61. The molecule has 1 amide bonds. The summed E-state index contributed by atoms with van der Waals surface area (Å²) in [6, 6.07) is 1.90. The van der Waals surface area contributed by atoms with E-state index in [4.69, 9.17) is 5.73 Å². The van der Waals surface area contributed by atoms with Gasteiger partial charge in [-0.25, -0.2) is 0 Å². The molecule has 1 aromatic heterocycles. The number of unbranched alkanes of at least 4 members (excludes halogenated alkanes) is 3. The van der Waals surface area contributed by atoms with Crippen molar-refractivity contribution in [2.24, 2.45) is 12.8 Å². The zero-order valence-electron chi connectivity index (χ0n) is 10.9. The summed E-state index contributed by atoms with van der Waals surface area (Å²) in [7, 11) is 1.87. The van der Waals surface area contributed by atoms with Crippen LogP contribution in [0.5, 0.6) is 0 Å². The highest BCUT2D eigenvalue weighted by Gasteiger charge is 2.03. The molecule has 0 radical (unpaired) electrons. The Hall–Kier alpha value is -1.07. The molecular weight excluding hydrogens is 252 g/mol. The summed E-state index contributed by atoms with van der Waals surface area (Å²) in [5, 5.41) is 6.94. The number of carbonyl (C=O) groups is 1. The van der Waals surface area contributed by atoms with Crippen LogP contribution in [-0.2, 0) is 18.4 Å². The van der Waals surface area contributed by atoms with E-state index in [2.05, 4.69) is 10.4 Å². The second kappa shape index (κ2) is 9.91. The number of aryl methyl sites for hydroxylation is 1. The van der Waals surface area contributed by atoms with E-state index in [0.29, 0.717) is 13.0 Å². The fraction of sp³-hybridized carbons (Fsp3) is 0.667. The van der Waals surface area contributed by atoms with Crippen LogP contribution in [0.25, 0.3) is 0 Å². The van der Waals surface area contributed by atoms with Crippen molar-refractivity contribution in [2.45, 2.75) is 38.6 Å². The van der Waals surface area contributed by atoms with Gasteiger partial charge in [0, 0.05) is 19.7 Å². The predicted molar refractivity (Wildman–Crippen MR) is 74.4 cm³/mol. The molecule has 0 saturated heterocycles. The Labute approximate surface area is 115 Å². The topological polar surface area (TPSA) is 72.9 Å². The molecule has 1 aromatic rings. The lowest BCUT2D eigenvalue weighted by Gasteiger charge is -2.05. The summed E-state index contributed by atoms with van der Waals surface area (Å²) in [6.45, 7) is 1.30. The minimum absolute atomic E-state index is 0. The van der Waals surface area contributed by atoms with E-state index >= 15 is 0 Å². The Kier molecular flexibility index (Phi) is 9.32. The number of nitrogens with one attached hydrogen (secondary N) is 1. The number of aromatic nitrogens is 2. The lowest BCUT2D eigenvalue weighted by atomic mass is 10.1. The minimum Gasteiger partial charge on any atom is -0.350 e. The zero-order valence-corrected chi connectivity index (χ0v) is 11.7. The molecule has 104 valence electrons. The first kappa shape index (κ1) is 16.9.